The normalized spacial score (nSPS) is 18.1. The van der Waals surface area contributed by atoms with E-state index in [9.17, 15) is 9.59 Å². The number of rotatable bonds is 6. The van der Waals surface area contributed by atoms with Crippen LogP contribution in [0.2, 0.25) is 0 Å². The molecule has 1 unspecified atom stereocenters. The van der Waals surface area contributed by atoms with E-state index in [1.165, 1.54) is 0 Å². The van der Waals surface area contributed by atoms with Crippen LogP contribution < -0.4 is 5.32 Å². The molecule has 1 heterocycles. The van der Waals surface area contributed by atoms with Crippen LogP contribution in [0.15, 0.2) is 24.3 Å². The van der Waals surface area contributed by atoms with Crippen LogP contribution in [0.5, 0.6) is 0 Å². The first-order valence-corrected chi connectivity index (χ1v) is 8.42. The molecule has 120 valence electrons. The Morgan fingerprint density at radius 3 is 2.82 bits per heavy atom. The van der Waals surface area contributed by atoms with Crippen LogP contribution in [-0.2, 0) is 9.59 Å². The summed E-state index contributed by atoms with van der Waals surface area (Å²) < 4.78 is 0. The summed E-state index contributed by atoms with van der Waals surface area (Å²) in [4.78, 5) is 27.8. The van der Waals surface area contributed by atoms with E-state index >= 15 is 0 Å². The number of nitrogens with one attached hydrogen (secondary N) is 1. The molecular formula is C16H23N3O2S. The summed E-state index contributed by atoms with van der Waals surface area (Å²) in [5.41, 5.74) is 2.26. The molecule has 22 heavy (non-hydrogen) atoms. The highest BCUT2D eigenvalue weighted by molar-refractivity contribution is 8.00. The Morgan fingerprint density at radius 1 is 1.41 bits per heavy atom. The van der Waals surface area contributed by atoms with Gasteiger partial charge in [0.15, 0.2) is 0 Å². The van der Waals surface area contributed by atoms with E-state index in [0.29, 0.717) is 12.3 Å². The average Bonchev–Trinajstić information content (AvgIpc) is 2.80. The molecule has 0 spiro atoms. The highest BCUT2D eigenvalue weighted by Gasteiger charge is 2.34. The lowest BCUT2D eigenvalue weighted by molar-refractivity contribution is -0.133. The molecular weight excluding hydrogens is 298 g/mol. The number of benzene rings is 1. The van der Waals surface area contributed by atoms with Gasteiger partial charge in [-0.25, -0.2) is 0 Å². The van der Waals surface area contributed by atoms with Gasteiger partial charge >= 0.3 is 0 Å². The van der Waals surface area contributed by atoms with Gasteiger partial charge in [0.05, 0.1) is 5.75 Å². The van der Waals surface area contributed by atoms with Crippen LogP contribution in [-0.4, -0.2) is 61.1 Å². The van der Waals surface area contributed by atoms with Gasteiger partial charge in [-0.05, 0) is 32.1 Å². The fourth-order valence-corrected chi connectivity index (χ4v) is 3.66. The van der Waals surface area contributed by atoms with E-state index in [0.717, 1.165) is 17.7 Å². The number of carbonyl (C=O) groups excluding carboxylic acids is 2. The number of amides is 2. The average molecular weight is 321 g/mol. The molecule has 1 saturated heterocycles. The Bertz CT molecular complexity index is 548. The standard InChI is InChI=1S/C16H23N3O2S/c1-12-6-4-5-7-13(12)16-19(15(21)11-22-16)10-14(20)17-8-9-18(2)3/h4-7,16H,8-11H2,1-3H3,(H,17,20). The van der Waals surface area contributed by atoms with Gasteiger partial charge in [0.1, 0.15) is 11.9 Å². The minimum absolute atomic E-state index is 0.0287. The van der Waals surface area contributed by atoms with Crippen molar-refractivity contribution in [3.05, 3.63) is 35.4 Å². The number of thioether (sulfide) groups is 1. The first kappa shape index (κ1) is 16.8. The molecule has 1 aromatic rings. The van der Waals surface area contributed by atoms with Crippen molar-refractivity contribution in [2.45, 2.75) is 12.3 Å². The fourth-order valence-electron chi connectivity index (χ4n) is 2.38. The van der Waals surface area contributed by atoms with E-state index < -0.39 is 0 Å². The lowest BCUT2D eigenvalue weighted by Gasteiger charge is -2.25. The zero-order valence-corrected chi connectivity index (χ0v) is 14.2. The molecule has 0 saturated carbocycles. The predicted octanol–water partition coefficient (Wildman–Crippen LogP) is 1.25. The van der Waals surface area contributed by atoms with Gasteiger partial charge in [-0.1, -0.05) is 24.3 Å². The molecule has 0 aromatic heterocycles. The van der Waals surface area contributed by atoms with Crippen LogP contribution in [0, 0.1) is 6.92 Å². The van der Waals surface area contributed by atoms with Crippen LogP contribution in [0.3, 0.4) is 0 Å². The number of hydrogen-bond donors (Lipinski definition) is 1. The minimum atomic E-state index is -0.101. The summed E-state index contributed by atoms with van der Waals surface area (Å²) in [6.07, 6.45) is 0. The molecule has 6 heteroatoms. The van der Waals surface area contributed by atoms with Crippen molar-refractivity contribution >= 4 is 23.6 Å². The topological polar surface area (TPSA) is 52.7 Å². The summed E-state index contributed by atoms with van der Waals surface area (Å²) >= 11 is 1.58. The van der Waals surface area contributed by atoms with Crippen molar-refractivity contribution in [1.82, 2.24) is 15.1 Å². The zero-order valence-electron chi connectivity index (χ0n) is 13.3. The van der Waals surface area contributed by atoms with Crippen LogP contribution in [0.1, 0.15) is 16.5 Å². The van der Waals surface area contributed by atoms with Crippen molar-refractivity contribution in [3.8, 4) is 0 Å². The summed E-state index contributed by atoms with van der Waals surface area (Å²) in [6.45, 7) is 3.54. The lowest BCUT2D eigenvalue weighted by atomic mass is 10.1. The van der Waals surface area contributed by atoms with Gasteiger partial charge in [-0.15, -0.1) is 11.8 Å². The van der Waals surface area contributed by atoms with E-state index in [4.69, 9.17) is 0 Å². The first-order chi connectivity index (χ1) is 10.5. The van der Waals surface area contributed by atoms with Crippen molar-refractivity contribution in [2.75, 3.05) is 39.5 Å². The first-order valence-electron chi connectivity index (χ1n) is 7.37. The number of carbonyl (C=O) groups is 2. The van der Waals surface area contributed by atoms with E-state index in [-0.39, 0.29) is 23.7 Å². The maximum atomic E-state index is 12.1. The molecule has 1 fully saturated rings. The zero-order chi connectivity index (χ0) is 16.1. The fraction of sp³-hybridized carbons (Fsp3) is 0.500. The van der Waals surface area contributed by atoms with Crippen molar-refractivity contribution < 1.29 is 9.59 Å². The van der Waals surface area contributed by atoms with Crippen LogP contribution in [0.4, 0.5) is 0 Å². The summed E-state index contributed by atoms with van der Waals surface area (Å²) in [5, 5.41) is 2.80. The Kier molecular flexibility index (Phi) is 5.85. The third kappa shape index (κ3) is 4.24. The number of hydrogen-bond acceptors (Lipinski definition) is 4. The smallest absolute Gasteiger partial charge is 0.239 e. The van der Waals surface area contributed by atoms with Crippen molar-refractivity contribution in [2.24, 2.45) is 0 Å². The molecule has 2 amide bonds. The second kappa shape index (κ2) is 7.65. The molecule has 1 atom stereocenters. The van der Waals surface area contributed by atoms with Crippen molar-refractivity contribution in [3.63, 3.8) is 0 Å². The van der Waals surface area contributed by atoms with Crippen LogP contribution >= 0.6 is 11.8 Å². The molecule has 0 radical (unpaired) electrons. The van der Waals surface area contributed by atoms with Crippen molar-refractivity contribution in [1.29, 1.82) is 0 Å². The van der Waals surface area contributed by atoms with Gasteiger partial charge in [-0.3, -0.25) is 9.59 Å². The van der Waals surface area contributed by atoms with E-state index in [2.05, 4.69) is 5.32 Å². The highest BCUT2D eigenvalue weighted by atomic mass is 32.2. The summed E-state index contributed by atoms with van der Waals surface area (Å²) in [7, 11) is 3.92. The largest absolute Gasteiger partial charge is 0.353 e. The third-order valence-electron chi connectivity index (χ3n) is 3.62. The minimum Gasteiger partial charge on any atom is -0.353 e. The van der Waals surface area contributed by atoms with Gasteiger partial charge in [0.2, 0.25) is 11.8 Å². The maximum absolute atomic E-state index is 12.1. The molecule has 1 aliphatic heterocycles. The highest BCUT2D eigenvalue weighted by Crippen LogP contribution is 2.39. The number of aryl methyl sites for hydroxylation is 1. The lowest BCUT2D eigenvalue weighted by Crippen LogP contribution is -2.41. The molecule has 0 bridgehead atoms. The Hall–Kier alpha value is -1.53. The van der Waals surface area contributed by atoms with Gasteiger partial charge in [-0.2, -0.15) is 0 Å². The second-order valence-corrected chi connectivity index (χ2v) is 6.76. The predicted molar refractivity (Wildman–Crippen MR) is 89.7 cm³/mol. The van der Waals surface area contributed by atoms with Gasteiger partial charge in [0, 0.05) is 13.1 Å². The SMILES string of the molecule is Cc1ccccc1C1SCC(=O)N1CC(=O)NCCN(C)C. The second-order valence-electron chi connectivity index (χ2n) is 5.69. The Labute approximate surface area is 136 Å². The molecule has 5 nitrogen and oxygen atoms in total. The quantitative estimate of drug-likeness (QED) is 0.857. The Balaban J connectivity index is 2.00. The van der Waals surface area contributed by atoms with Gasteiger partial charge in [0.25, 0.3) is 0 Å². The molecule has 1 aromatic carbocycles. The summed E-state index contributed by atoms with van der Waals surface area (Å²) in [5.74, 6) is 0.363. The maximum Gasteiger partial charge on any atom is 0.239 e. The molecule has 2 rings (SSSR count). The molecule has 0 aliphatic carbocycles. The third-order valence-corrected chi connectivity index (χ3v) is 4.86. The van der Waals surface area contributed by atoms with Crippen LogP contribution in [0.25, 0.3) is 0 Å². The van der Waals surface area contributed by atoms with E-state index in [1.54, 1.807) is 16.7 Å². The summed E-state index contributed by atoms with van der Waals surface area (Å²) in [6, 6.07) is 8.02. The van der Waals surface area contributed by atoms with E-state index in [1.807, 2.05) is 50.2 Å². The number of nitrogens with zero attached hydrogens (tertiary/aromatic N) is 2. The monoisotopic (exact) mass is 321 g/mol. The van der Waals surface area contributed by atoms with Gasteiger partial charge < -0.3 is 15.1 Å². The Morgan fingerprint density at radius 2 is 2.14 bits per heavy atom. The number of likely N-dealkylation sites (N-methyl/N-ethyl adjacent to an activating group) is 1. The molecule has 1 N–H and O–H groups in total. The molecule has 1 aliphatic rings.